The van der Waals surface area contributed by atoms with Crippen LogP contribution in [-0.4, -0.2) is 16.9 Å². The van der Waals surface area contributed by atoms with Crippen LogP contribution in [0.5, 0.6) is 0 Å². The van der Waals surface area contributed by atoms with E-state index in [0.717, 1.165) is 12.8 Å². The number of carboxylic acid groups (broad SMARTS) is 1. The second-order valence-corrected chi connectivity index (χ2v) is 4.32. The van der Waals surface area contributed by atoms with Crippen LogP contribution in [0, 0.1) is 17.8 Å². The zero-order chi connectivity index (χ0) is 10.3. The first-order valence-corrected chi connectivity index (χ1v) is 5.07. The number of hydrogen-bond donors (Lipinski definition) is 1. The summed E-state index contributed by atoms with van der Waals surface area (Å²) in [5.74, 6) is -0.416. The van der Waals surface area contributed by atoms with Crippen molar-refractivity contribution < 1.29 is 14.7 Å². The van der Waals surface area contributed by atoms with E-state index in [2.05, 4.69) is 0 Å². The maximum atomic E-state index is 11.6. The largest absolute Gasteiger partial charge is 0.478 e. The first kappa shape index (κ1) is 9.44. The fourth-order valence-corrected chi connectivity index (χ4v) is 2.84. The second kappa shape index (κ2) is 3.23. The Hall–Kier alpha value is -1.12. The van der Waals surface area contributed by atoms with E-state index in [-0.39, 0.29) is 23.5 Å². The third kappa shape index (κ3) is 1.27. The zero-order valence-corrected chi connectivity index (χ0v) is 8.19. The summed E-state index contributed by atoms with van der Waals surface area (Å²) in [6.07, 6.45) is 3.92. The Balaban J connectivity index is 2.33. The van der Waals surface area contributed by atoms with Crippen molar-refractivity contribution in [3.8, 4) is 0 Å². The molecule has 3 nitrogen and oxygen atoms in total. The summed E-state index contributed by atoms with van der Waals surface area (Å²) in [6, 6.07) is 0. The monoisotopic (exact) mass is 194 g/mol. The fraction of sp³-hybridized carbons (Fsp3) is 0.636. The van der Waals surface area contributed by atoms with E-state index >= 15 is 0 Å². The Kier molecular flexibility index (Phi) is 2.17. The molecule has 3 unspecified atom stereocenters. The molecule has 0 aliphatic heterocycles. The normalized spacial score (nSPS) is 36.5. The van der Waals surface area contributed by atoms with Crippen LogP contribution < -0.4 is 0 Å². The van der Waals surface area contributed by atoms with E-state index in [1.165, 1.54) is 0 Å². The van der Waals surface area contributed by atoms with E-state index in [1.807, 2.05) is 6.92 Å². The number of hydrogen-bond acceptors (Lipinski definition) is 2. The van der Waals surface area contributed by atoms with Gasteiger partial charge in [-0.05, 0) is 18.8 Å². The first-order valence-electron chi connectivity index (χ1n) is 5.07. The topological polar surface area (TPSA) is 54.4 Å². The molecule has 0 aromatic heterocycles. The van der Waals surface area contributed by atoms with Gasteiger partial charge in [0.15, 0.2) is 0 Å². The molecule has 1 N–H and O–H groups in total. The van der Waals surface area contributed by atoms with Gasteiger partial charge in [0.1, 0.15) is 5.78 Å². The van der Waals surface area contributed by atoms with Crippen molar-refractivity contribution in [3.63, 3.8) is 0 Å². The number of allylic oxidation sites excluding steroid dienone is 1. The molecule has 0 aromatic carbocycles. The lowest BCUT2D eigenvalue weighted by Gasteiger charge is -2.25. The molecule has 0 spiro atoms. The van der Waals surface area contributed by atoms with Crippen molar-refractivity contribution in [2.24, 2.45) is 17.8 Å². The van der Waals surface area contributed by atoms with Gasteiger partial charge in [-0.2, -0.15) is 0 Å². The lowest BCUT2D eigenvalue weighted by Crippen LogP contribution is -2.26. The number of carbonyl (C=O) groups is 2. The molecule has 2 aliphatic rings. The number of aliphatic carboxylic acids is 1. The first-order chi connectivity index (χ1) is 6.61. The molecular weight excluding hydrogens is 180 g/mol. The average Bonchev–Trinajstić information content (AvgIpc) is 2.43. The maximum Gasteiger partial charge on any atom is 0.331 e. The number of carbonyl (C=O) groups excluding carboxylic acids is 1. The molecule has 76 valence electrons. The van der Waals surface area contributed by atoms with Crippen molar-refractivity contribution in [1.82, 2.24) is 0 Å². The molecule has 2 rings (SSSR count). The molecule has 3 heteroatoms. The lowest BCUT2D eigenvalue weighted by atomic mass is 9.77. The summed E-state index contributed by atoms with van der Waals surface area (Å²) >= 11 is 0. The summed E-state index contributed by atoms with van der Waals surface area (Å²) in [4.78, 5) is 22.5. The standard InChI is InChI=1S/C11H14O3/c1-6-5-9(12)7-3-2-4-8(10(6)7)11(13)14/h4,6-7,10H,2-3,5H2,1H3,(H,13,14). The summed E-state index contributed by atoms with van der Waals surface area (Å²) in [7, 11) is 0. The van der Waals surface area contributed by atoms with Gasteiger partial charge in [-0.15, -0.1) is 0 Å². The van der Waals surface area contributed by atoms with E-state index < -0.39 is 5.97 Å². The predicted molar refractivity (Wildman–Crippen MR) is 50.7 cm³/mol. The molecule has 3 atom stereocenters. The Labute approximate surface area is 82.8 Å². The molecule has 0 aromatic rings. The van der Waals surface area contributed by atoms with Crippen LogP contribution in [0.1, 0.15) is 26.2 Å². The van der Waals surface area contributed by atoms with Gasteiger partial charge in [0.05, 0.1) is 0 Å². The lowest BCUT2D eigenvalue weighted by molar-refractivity contribution is -0.133. The van der Waals surface area contributed by atoms with E-state index in [4.69, 9.17) is 5.11 Å². The highest BCUT2D eigenvalue weighted by Gasteiger charge is 2.44. The summed E-state index contributed by atoms with van der Waals surface area (Å²) in [6.45, 7) is 1.98. The molecule has 0 radical (unpaired) electrons. The highest BCUT2D eigenvalue weighted by molar-refractivity contribution is 5.92. The van der Waals surface area contributed by atoms with Crippen molar-refractivity contribution in [2.75, 3.05) is 0 Å². The molecule has 14 heavy (non-hydrogen) atoms. The molecule has 1 fully saturated rings. The van der Waals surface area contributed by atoms with E-state index in [1.54, 1.807) is 6.08 Å². The highest BCUT2D eigenvalue weighted by Crippen LogP contribution is 2.44. The number of carboxylic acids is 1. The van der Waals surface area contributed by atoms with Gasteiger partial charge >= 0.3 is 5.97 Å². The van der Waals surface area contributed by atoms with Crippen LogP contribution in [0.25, 0.3) is 0 Å². The predicted octanol–water partition coefficient (Wildman–Crippen LogP) is 1.63. The van der Waals surface area contributed by atoms with Gasteiger partial charge in [-0.25, -0.2) is 4.79 Å². The smallest absolute Gasteiger partial charge is 0.331 e. The van der Waals surface area contributed by atoms with Crippen molar-refractivity contribution in [1.29, 1.82) is 0 Å². The maximum absolute atomic E-state index is 11.6. The van der Waals surface area contributed by atoms with Crippen LogP contribution in [0.4, 0.5) is 0 Å². The number of Topliss-reactive ketones (excluding diaryl/α,β-unsaturated/α-hetero) is 1. The van der Waals surface area contributed by atoms with Gasteiger partial charge in [0.2, 0.25) is 0 Å². The summed E-state index contributed by atoms with van der Waals surface area (Å²) in [5, 5.41) is 9.01. The molecule has 0 saturated heterocycles. The summed E-state index contributed by atoms with van der Waals surface area (Å²) < 4.78 is 0. The quantitative estimate of drug-likeness (QED) is 0.690. The fourth-order valence-electron chi connectivity index (χ4n) is 2.84. The zero-order valence-electron chi connectivity index (χ0n) is 8.19. The Morgan fingerprint density at radius 3 is 2.93 bits per heavy atom. The number of ketones is 1. The number of rotatable bonds is 1. The van der Waals surface area contributed by atoms with Crippen LogP contribution >= 0.6 is 0 Å². The van der Waals surface area contributed by atoms with Crippen molar-refractivity contribution >= 4 is 11.8 Å². The minimum absolute atomic E-state index is 0.0129. The minimum atomic E-state index is -0.846. The molecule has 2 aliphatic carbocycles. The van der Waals surface area contributed by atoms with Crippen molar-refractivity contribution in [2.45, 2.75) is 26.2 Å². The van der Waals surface area contributed by atoms with Gasteiger partial charge in [0.25, 0.3) is 0 Å². The Morgan fingerprint density at radius 2 is 2.29 bits per heavy atom. The van der Waals surface area contributed by atoms with E-state index in [9.17, 15) is 9.59 Å². The minimum Gasteiger partial charge on any atom is -0.478 e. The third-order valence-electron chi connectivity index (χ3n) is 3.43. The van der Waals surface area contributed by atoms with Crippen LogP contribution in [-0.2, 0) is 9.59 Å². The average molecular weight is 194 g/mol. The van der Waals surface area contributed by atoms with Crippen LogP contribution in [0.2, 0.25) is 0 Å². The third-order valence-corrected chi connectivity index (χ3v) is 3.43. The SMILES string of the molecule is CC1CC(=O)C2CCC=C(C(=O)O)C12. The van der Waals surface area contributed by atoms with Gasteiger partial charge in [-0.1, -0.05) is 13.0 Å². The van der Waals surface area contributed by atoms with Gasteiger partial charge in [0, 0.05) is 23.8 Å². The Bertz CT molecular complexity index is 316. The summed E-state index contributed by atoms with van der Waals surface area (Å²) in [5.41, 5.74) is 0.472. The number of fused-ring (bicyclic) bond motifs is 1. The van der Waals surface area contributed by atoms with Gasteiger partial charge < -0.3 is 5.11 Å². The molecule has 0 amide bonds. The highest BCUT2D eigenvalue weighted by atomic mass is 16.4. The van der Waals surface area contributed by atoms with Crippen LogP contribution in [0.15, 0.2) is 11.6 Å². The van der Waals surface area contributed by atoms with Crippen LogP contribution in [0.3, 0.4) is 0 Å². The molecular formula is C11H14O3. The van der Waals surface area contributed by atoms with Crippen molar-refractivity contribution in [3.05, 3.63) is 11.6 Å². The molecule has 0 heterocycles. The van der Waals surface area contributed by atoms with Gasteiger partial charge in [-0.3, -0.25) is 4.79 Å². The Morgan fingerprint density at radius 1 is 1.57 bits per heavy atom. The second-order valence-electron chi connectivity index (χ2n) is 4.32. The molecule has 0 bridgehead atoms. The van der Waals surface area contributed by atoms with E-state index in [0.29, 0.717) is 12.0 Å². The molecule has 1 saturated carbocycles.